The minimum Gasteiger partial charge on any atom is -0.385 e. The largest absolute Gasteiger partial charge is 0.385 e. The molecule has 18 heavy (non-hydrogen) atoms. The maximum Gasteiger partial charge on any atom is 0.0462 e. The van der Waals surface area contributed by atoms with Crippen LogP contribution in [0.3, 0.4) is 0 Å². The first-order valence-corrected chi connectivity index (χ1v) is 6.62. The third-order valence-electron chi connectivity index (χ3n) is 3.10. The Hall–Kier alpha value is -1.54. The van der Waals surface area contributed by atoms with Gasteiger partial charge < -0.3 is 10.1 Å². The summed E-state index contributed by atoms with van der Waals surface area (Å²) in [6.07, 6.45) is 3.56. The van der Waals surface area contributed by atoms with E-state index < -0.39 is 0 Å². The highest BCUT2D eigenvalue weighted by atomic mass is 16.5. The number of ether oxygens (including phenoxy) is 1. The van der Waals surface area contributed by atoms with Crippen LogP contribution in [0.5, 0.6) is 0 Å². The lowest BCUT2D eigenvalue weighted by Crippen LogP contribution is -2.01. The molecular formula is C16H21NO. The molecule has 0 atom stereocenters. The summed E-state index contributed by atoms with van der Waals surface area (Å²) >= 11 is 0. The smallest absolute Gasteiger partial charge is 0.0462 e. The average Bonchev–Trinajstić information content (AvgIpc) is 2.42. The SMILES string of the molecule is COCCCCCNc1ccc2ccccc2c1. The molecule has 0 aliphatic rings. The summed E-state index contributed by atoms with van der Waals surface area (Å²) in [6, 6.07) is 15.0. The number of rotatable bonds is 7. The highest BCUT2D eigenvalue weighted by molar-refractivity contribution is 5.85. The molecule has 96 valence electrons. The van der Waals surface area contributed by atoms with E-state index in [0.29, 0.717) is 0 Å². The van der Waals surface area contributed by atoms with E-state index in [-0.39, 0.29) is 0 Å². The third-order valence-corrected chi connectivity index (χ3v) is 3.10. The molecule has 2 aromatic rings. The summed E-state index contributed by atoms with van der Waals surface area (Å²) < 4.78 is 5.03. The maximum absolute atomic E-state index is 5.03. The van der Waals surface area contributed by atoms with Crippen LogP contribution in [0.1, 0.15) is 19.3 Å². The monoisotopic (exact) mass is 243 g/mol. The number of hydrogen-bond donors (Lipinski definition) is 1. The topological polar surface area (TPSA) is 21.3 Å². The summed E-state index contributed by atoms with van der Waals surface area (Å²) in [7, 11) is 1.76. The first-order chi connectivity index (χ1) is 8.90. The zero-order valence-electron chi connectivity index (χ0n) is 11.0. The fraction of sp³-hybridized carbons (Fsp3) is 0.375. The minimum absolute atomic E-state index is 0.871. The van der Waals surface area contributed by atoms with Gasteiger partial charge in [0.1, 0.15) is 0 Å². The molecule has 0 saturated carbocycles. The van der Waals surface area contributed by atoms with Gasteiger partial charge in [0.25, 0.3) is 0 Å². The molecule has 2 nitrogen and oxygen atoms in total. The van der Waals surface area contributed by atoms with Crippen LogP contribution >= 0.6 is 0 Å². The summed E-state index contributed by atoms with van der Waals surface area (Å²) in [5, 5.41) is 6.06. The Morgan fingerprint density at radius 3 is 2.61 bits per heavy atom. The van der Waals surface area contributed by atoms with Crippen molar-refractivity contribution in [3.05, 3.63) is 42.5 Å². The number of benzene rings is 2. The van der Waals surface area contributed by atoms with E-state index in [0.717, 1.165) is 19.6 Å². The molecule has 0 aliphatic heterocycles. The summed E-state index contributed by atoms with van der Waals surface area (Å²) in [5.74, 6) is 0. The quantitative estimate of drug-likeness (QED) is 0.740. The van der Waals surface area contributed by atoms with Crippen molar-refractivity contribution in [3.8, 4) is 0 Å². The van der Waals surface area contributed by atoms with Gasteiger partial charge in [-0.3, -0.25) is 0 Å². The number of fused-ring (bicyclic) bond motifs is 1. The summed E-state index contributed by atoms with van der Waals surface area (Å²) in [4.78, 5) is 0. The Balaban J connectivity index is 1.81. The number of nitrogens with one attached hydrogen (secondary N) is 1. The summed E-state index contributed by atoms with van der Waals surface area (Å²) in [6.45, 7) is 1.90. The van der Waals surface area contributed by atoms with E-state index in [1.165, 1.54) is 29.3 Å². The Kier molecular flexibility index (Phi) is 5.03. The Bertz CT molecular complexity index is 481. The molecule has 2 aromatic carbocycles. The molecule has 0 bridgehead atoms. The molecule has 0 saturated heterocycles. The van der Waals surface area contributed by atoms with Gasteiger partial charge in [-0.15, -0.1) is 0 Å². The van der Waals surface area contributed by atoms with Gasteiger partial charge in [0, 0.05) is 25.9 Å². The lowest BCUT2D eigenvalue weighted by molar-refractivity contribution is 0.192. The summed E-state index contributed by atoms with van der Waals surface area (Å²) in [5.41, 5.74) is 1.21. The van der Waals surface area contributed by atoms with Crippen molar-refractivity contribution in [3.63, 3.8) is 0 Å². The van der Waals surface area contributed by atoms with E-state index >= 15 is 0 Å². The van der Waals surface area contributed by atoms with Gasteiger partial charge in [-0.05, 0) is 42.2 Å². The number of methoxy groups -OCH3 is 1. The molecule has 0 aliphatic carbocycles. The average molecular weight is 243 g/mol. The van der Waals surface area contributed by atoms with Crippen LogP contribution in [0.15, 0.2) is 42.5 Å². The predicted octanol–water partition coefficient (Wildman–Crippen LogP) is 4.07. The number of unbranched alkanes of at least 4 members (excludes halogenated alkanes) is 2. The van der Waals surface area contributed by atoms with Crippen molar-refractivity contribution in [2.45, 2.75) is 19.3 Å². The fourth-order valence-corrected chi connectivity index (χ4v) is 2.08. The van der Waals surface area contributed by atoms with Crippen molar-refractivity contribution in [2.75, 3.05) is 25.6 Å². The van der Waals surface area contributed by atoms with Crippen molar-refractivity contribution in [2.24, 2.45) is 0 Å². The Labute approximate surface area is 109 Å². The highest BCUT2D eigenvalue weighted by Crippen LogP contribution is 2.18. The Morgan fingerprint density at radius 2 is 1.78 bits per heavy atom. The van der Waals surface area contributed by atoms with Crippen molar-refractivity contribution in [1.29, 1.82) is 0 Å². The van der Waals surface area contributed by atoms with Crippen LogP contribution < -0.4 is 5.32 Å². The molecule has 0 fully saturated rings. The normalized spacial score (nSPS) is 10.7. The lowest BCUT2D eigenvalue weighted by Gasteiger charge is -2.07. The van der Waals surface area contributed by atoms with Gasteiger partial charge in [-0.2, -0.15) is 0 Å². The zero-order valence-corrected chi connectivity index (χ0v) is 11.0. The molecule has 0 amide bonds. The minimum atomic E-state index is 0.871. The van der Waals surface area contributed by atoms with Gasteiger partial charge in [0.05, 0.1) is 0 Å². The van der Waals surface area contributed by atoms with E-state index in [1.807, 2.05) is 0 Å². The van der Waals surface area contributed by atoms with Crippen molar-refractivity contribution >= 4 is 16.5 Å². The van der Waals surface area contributed by atoms with Crippen LogP contribution in [0.25, 0.3) is 10.8 Å². The first kappa shape index (κ1) is 12.9. The molecule has 2 rings (SSSR count). The molecule has 0 unspecified atom stereocenters. The van der Waals surface area contributed by atoms with E-state index in [9.17, 15) is 0 Å². The van der Waals surface area contributed by atoms with Crippen LogP contribution in [0.4, 0.5) is 5.69 Å². The second kappa shape index (κ2) is 7.02. The van der Waals surface area contributed by atoms with E-state index in [2.05, 4.69) is 47.8 Å². The van der Waals surface area contributed by atoms with Crippen LogP contribution in [-0.2, 0) is 4.74 Å². The van der Waals surface area contributed by atoms with Gasteiger partial charge in [0.2, 0.25) is 0 Å². The van der Waals surface area contributed by atoms with Crippen LogP contribution in [0, 0.1) is 0 Å². The molecule has 0 aromatic heterocycles. The van der Waals surface area contributed by atoms with Crippen LogP contribution in [-0.4, -0.2) is 20.3 Å². The zero-order chi connectivity index (χ0) is 12.6. The molecule has 0 heterocycles. The molecule has 0 spiro atoms. The molecule has 1 N–H and O–H groups in total. The molecule has 0 radical (unpaired) electrons. The van der Waals surface area contributed by atoms with Gasteiger partial charge >= 0.3 is 0 Å². The molecule has 2 heteroatoms. The standard InChI is InChI=1S/C16H21NO/c1-18-12-6-2-5-11-17-16-10-9-14-7-3-4-8-15(14)13-16/h3-4,7-10,13,17H,2,5-6,11-12H2,1H3. The first-order valence-electron chi connectivity index (χ1n) is 6.62. The number of hydrogen-bond acceptors (Lipinski definition) is 2. The fourth-order valence-electron chi connectivity index (χ4n) is 2.08. The van der Waals surface area contributed by atoms with Crippen LogP contribution in [0.2, 0.25) is 0 Å². The number of anilines is 1. The second-order valence-corrected chi connectivity index (χ2v) is 4.54. The van der Waals surface area contributed by atoms with Gasteiger partial charge in [-0.1, -0.05) is 30.3 Å². The second-order valence-electron chi connectivity index (χ2n) is 4.54. The van der Waals surface area contributed by atoms with Gasteiger partial charge in [-0.25, -0.2) is 0 Å². The van der Waals surface area contributed by atoms with E-state index in [4.69, 9.17) is 4.74 Å². The maximum atomic E-state index is 5.03. The highest BCUT2D eigenvalue weighted by Gasteiger charge is 1.95. The predicted molar refractivity (Wildman–Crippen MR) is 78.2 cm³/mol. The third kappa shape index (κ3) is 3.74. The Morgan fingerprint density at radius 1 is 0.944 bits per heavy atom. The molecular weight excluding hydrogens is 222 g/mol. The van der Waals surface area contributed by atoms with Crippen molar-refractivity contribution in [1.82, 2.24) is 0 Å². The van der Waals surface area contributed by atoms with Crippen molar-refractivity contribution < 1.29 is 4.74 Å². The van der Waals surface area contributed by atoms with Gasteiger partial charge in [0.15, 0.2) is 0 Å². The van der Waals surface area contributed by atoms with E-state index in [1.54, 1.807) is 7.11 Å². The lowest BCUT2D eigenvalue weighted by atomic mass is 10.1.